The van der Waals surface area contributed by atoms with Gasteiger partial charge in [0.15, 0.2) is 5.60 Å². The van der Waals surface area contributed by atoms with Crippen molar-refractivity contribution in [2.45, 2.75) is 17.8 Å². The predicted octanol–water partition coefficient (Wildman–Crippen LogP) is -0.0806. The molecule has 1 aromatic carbocycles. The molecule has 1 aliphatic rings. The number of carboxylic acids is 1. The highest BCUT2D eigenvalue weighted by atomic mass is 35.5. The average Bonchev–Trinajstić information content (AvgIpc) is 2.43. The van der Waals surface area contributed by atoms with Gasteiger partial charge in [-0.3, -0.25) is 4.79 Å². The van der Waals surface area contributed by atoms with Crippen LogP contribution in [0.3, 0.4) is 0 Å². The first kappa shape index (κ1) is 18.7. The Kier molecular flexibility index (Phi) is 5.19. The molecule has 1 aliphatic heterocycles. The van der Waals surface area contributed by atoms with Crippen LogP contribution in [0.4, 0.5) is 0 Å². The SMILES string of the molecule is CC(O)(CNS(=O)(=O)C1CN(C(=O)c2cccc(Cl)c2)C1)C(=O)O. The maximum Gasteiger partial charge on any atom is 0.336 e. The normalized spacial score (nSPS) is 17.9. The lowest BCUT2D eigenvalue weighted by Crippen LogP contribution is -2.60. The molecule has 2 rings (SSSR count). The van der Waals surface area contributed by atoms with E-state index in [0.29, 0.717) is 10.6 Å². The van der Waals surface area contributed by atoms with E-state index in [2.05, 4.69) is 4.72 Å². The number of benzene rings is 1. The summed E-state index contributed by atoms with van der Waals surface area (Å²) in [7, 11) is -3.84. The van der Waals surface area contributed by atoms with Crippen LogP contribution in [0, 0.1) is 0 Å². The Balaban J connectivity index is 1.93. The van der Waals surface area contributed by atoms with E-state index in [1.165, 1.54) is 11.0 Å². The van der Waals surface area contributed by atoms with Crippen LogP contribution < -0.4 is 4.72 Å². The molecule has 0 bridgehead atoms. The maximum absolute atomic E-state index is 12.2. The van der Waals surface area contributed by atoms with Crippen LogP contribution in [0.25, 0.3) is 0 Å². The van der Waals surface area contributed by atoms with Crippen LogP contribution in [-0.2, 0) is 14.8 Å². The second-order valence-electron chi connectivity index (χ2n) is 5.79. The summed E-state index contributed by atoms with van der Waals surface area (Å²) in [6.45, 7) is 0.308. The number of rotatable bonds is 6. The lowest BCUT2D eigenvalue weighted by atomic mass is 10.1. The molecule has 3 N–H and O–H groups in total. The summed E-state index contributed by atoms with van der Waals surface area (Å²) in [5, 5.41) is 17.9. The van der Waals surface area contributed by atoms with Gasteiger partial charge in [-0.25, -0.2) is 17.9 Å². The van der Waals surface area contributed by atoms with Gasteiger partial charge in [0.2, 0.25) is 10.0 Å². The van der Waals surface area contributed by atoms with Crippen LogP contribution in [0.1, 0.15) is 17.3 Å². The summed E-state index contributed by atoms with van der Waals surface area (Å²) in [6.07, 6.45) is 0. The standard InChI is InChI=1S/C14H17ClN2O6S/c1-14(21,13(19)20)8-16-24(22,23)11-6-17(7-11)12(18)9-3-2-4-10(15)5-9/h2-5,11,16,21H,6-8H2,1H3,(H,19,20). The van der Waals surface area contributed by atoms with Crippen molar-refractivity contribution in [2.75, 3.05) is 19.6 Å². The van der Waals surface area contributed by atoms with Crippen molar-refractivity contribution in [1.82, 2.24) is 9.62 Å². The van der Waals surface area contributed by atoms with Crippen molar-refractivity contribution in [1.29, 1.82) is 0 Å². The number of aliphatic hydroxyl groups is 1. The first-order valence-electron chi connectivity index (χ1n) is 7.02. The Morgan fingerprint density at radius 3 is 2.58 bits per heavy atom. The van der Waals surface area contributed by atoms with Gasteiger partial charge in [0.05, 0.1) is 0 Å². The Bertz CT molecular complexity index is 758. The summed E-state index contributed by atoms with van der Waals surface area (Å²) in [4.78, 5) is 24.3. The van der Waals surface area contributed by atoms with E-state index in [9.17, 15) is 23.1 Å². The van der Waals surface area contributed by atoms with Crippen molar-refractivity contribution in [3.05, 3.63) is 34.9 Å². The van der Waals surface area contributed by atoms with Gasteiger partial charge in [-0.15, -0.1) is 0 Å². The number of likely N-dealkylation sites (tertiary alicyclic amines) is 1. The summed E-state index contributed by atoms with van der Waals surface area (Å²) >= 11 is 5.82. The molecule has 1 saturated heterocycles. The average molecular weight is 377 g/mol. The molecule has 132 valence electrons. The van der Waals surface area contributed by atoms with Gasteiger partial charge >= 0.3 is 5.97 Å². The number of nitrogens with one attached hydrogen (secondary N) is 1. The van der Waals surface area contributed by atoms with Gasteiger partial charge in [0.1, 0.15) is 5.25 Å². The summed E-state index contributed by atoms with van der Waals surface area (Å²) in [5.74, 6) is -1.86. The molecule has 1 aromatic rings. The van der Waals surface area contributed by atoms with Crippen LogP contribution in [-0.4, -0.2) is 65.9 Å². The smallest absolute Gasteiger partial charge is 0.336 e. The van der Waals surface area contributed by atoms with E-state index in [1.807, 2.05) is 0 Å². The van der Waals surface area contributed by atoms with E-state index < -0.39 is 33.4 Å². The van der Waals surface area contributed by atoms with Crippen molar-refractivity contribution >= 4 is 33.5 Å². The molecule has 10 heteroatoms. The van der Waals surface area contributed by atoms with Crippen LogP contribution >= 0.6 is 11.6 Å². The topological polar surface area (TPSA) is 124 Å². The molecule has 1 fully saturated rings. The van der Waals surface area contributed by atoms with E-state index in [4.69, 9.17) is 16.7 Å². The molecule has 0 aliphatic carbocycles. The van der Waals surface area contributed by atoms with Gasteiger partial charge < -0.3 is 15.1 Å². The fourth-order valence-electron chi connectivity index (χ4n) is 2.04. The molecule has 1 heterocycles. The second kappa shape index (κ2) is 6.67. The quantitative estimate of drug-likeness (QED) is 0.638. The zero-order valence-corrected chi connectivity index (χ0v) is 14.3. The molecule has 1 atom stereocenters. The van der Waals surface area contributed by atoms with E-state index in [0.717, 1.165) is 6.92 Å². The van der Waals surface area contributed by atoms with Gasteiger partial charge in [0.25, 0.3) is 5.91 Å². The number of aliphatic carboxylic acids is 1. The first-order chi connectivity index (χ1) is 11.0. The first-order valence-corrected chi connectivity index (χ1v) is 8.94. The molecule has 8 nitrogen and oxygen atoms in total. The number of hydrogen-bond acceptors (Lipinski definition) is 5. The molecule has 24 heavy (non-hydrogen) atoms. The number of halogens is 1. The highest BCUT2D eigenvalue weighted by Crippen LogP contribution is 2.20. The third-order valence-corrected chi connectivity index (χ3v) is 5.68. The molecule has 0 saturated carbocycles. The zero-order chi connectivity index (χ0) is 18.1. The second-order valence-corrected chi connectivity index (χ2v) is 8.27. The number of nitrogens with zero attached hydrogens (tertiary/aromatic N) is 1. The van der Waals surface area contributed by atoms with Crippen molar-refractivity contribution in [3.8, 4) is 0 Å². The Morgan fingerprint density at radius 1 is 1.42 bits per heavy atom. The Morgan fingerprint density at radius 2 is 2.04 bits per heavy atom. The third kappa shape index (κ3) is 4.04. The zero-order valence-electron chi connectivity index (χ0n) is 12.8. The molecule has 1 unspecified atom stereocenters. The van der Waals surface area contributed by atoms with E-state index >= 15 is 0 Å². The Labute approximate surface area is 144 Å². The number of carboxylic acid groups (broad SMARTS) is 1. The Hall–Kier alpha value is -1.68. The van der Waals surface area contributed by atoms with Gasteiger partial charge in [-0.1, -0.05) is 17.7 Å². The molecular weight excluding hydrogens is 360 g/mol. The number of amides is 1. The van der Waals surface area contributed by atoms with Crippen molar-refractivity contribution in [2.24, 2.45) is 0 Å². The maximum atomic E-state index is 12.2. The summed E-state index contributed by atoms with van der Waals surface area (Å²) in [5.41, 5.74) is -1.84. The minimum atomic E-state index is -3.84. The molecule has 0 radical (unpaired) electrons. The van der Waals surface area contributed by atoms with Crippen LogP contribution in [0.2, 0.25) is 5.02 Å². The lowest BCUT2D eigenvalue weighted by molar-refractivity contribution is -0.155. The number of sulfonamides is 1. The van der Waals surface area contributed by atoms with Crippen molar-refractivity contribution < 1.29 is 28.2 Å². The number of carbonyl (C=O) groups excluding carboxylic acids is 1. The van der Waals surface area contributed by atoms with Gasteiger partial charge in [-0.2, -0.15) is 0 Å². The van der Waals surface area contributed by atoms with E-state index in [-0.39, 0.29) is 19.0 Å². The molecular formula is C14H17ClN2O6S. The summed E-state index contributed by atoms with van der Waals surface area (Å²) in [6, 6.07) is 6.32. The lowest BCUT2D eigenvalue weighted by Gasteiger charge is -2.38. The predicted molar refractivity (Wildman–Crippen MR) is 86.3 cm³/mol. The number of carbonyl (C=O) groups is 2. The fourth-order valence-corrected chi connectivity index (χ4v) is 3.70. The van der Waals surface area contributed by atoms with Crippen molar-refractivity contribution in [3.63, 3.8) is 0 Å². The van der Waals surface area contributed by atoms with Crippen LogP contribution in [0.5, 0.6) is 0 Å². The number of hydrogen-bond donors (Lipinski definition) is 3. The van der Waals surface area contributed by atoms with Crippen LogP contribution in [0.15, 0.2) is 24.3 Å². The largest absolute Gasteiger partial charge is 0.479 e. The minimum absolute atomic E-state index is 0.0180. The summed E-state index contributed by atoms with van der Waals surface area (Å²) < 4.78 is 26.2. The molecule has 1 amide bonds. The fraction of sp³-hybridized carbons (Fsp3) is 0.429. The third-order valence-electron chi connectivity index (χ3n) is 3.72. The van der Waals surface area contributed by atoms with Gasteiger partial charge in [-0.05, 0) is 25.1 Å². The van der Waals surface area contributed by atoms with Gasteiger partial charge in [0, 0.05) is 30.2 Å². The minimum Gasteiger partial charge on any atom is -0.479 e. The molecule has 0 aromatic heterocycles. The molecule has 0 spiro atoms. The highest BCUT2D eigenvalue weighted by molar-refractivity contribution is 7.90. The highest BCUT2D eigenvalue weighted by Gasteiger charge is 2.41. The van der Waals surface area contributed by atoms with E-state index in [1.54, 1.807) is 18.2 Å². The monoisotopic (exact) mass is 376 g/mol.